The maximum absolute atomic E-state index is 12.9. The number of nitrogen functional groups attached to an aromatic ring is 1. The number of hydrogen-bond donors (Lipinski definition) is 2. The smallest absolute Gasteiger partial charge is 0.253 e. The first-order chi connectivity index (χ1) is 7.54. The summed E-state index contributed by atoms with van der Waals surface area (Å²) < 4.78 is 12.9. The summed E-state index contributed by atoms with van der Waals surface area (Å²) >= 11 is 0. The SMILES string of the molecule is C#CCC(C)NC(=O)c1cc(F)ccc1N. The maximum Gasteiger partial charge on any atom is 0.253 e. The maximum atomic E-state index is 12.9. The van der Waals surface area contributed by atoms with E-state index in [9.17, 15) is 9.18 Å². The minimum atomic E-state index is -0.496. The average Bonchev–Trinajstić information content (AvgIpc) is 2.21. The van der Waals surface area contributed by atoms with Crippen LogP contribution in [0.3, 0.4) is 0 Å². The largest absolute Gasteiger partial charge is 0.398 e. The number of halogens is 1. The Kier molecular flexibility index (Phi) is 3.90. The molecule has 0 bridgehead atoms. The molecule has 0 spiro atoms. The molecule has 1 unspecified atom stereocenters. The first-order valence-electron chi connectivity index (χ1n) is 4.84. The highest BCUT2D eigenvalue weighted by molar-refractivity contribution is 5.99. The van der Waals surface area contributed by atoms with Crippen LogP contribution in [0.2, 0.25) is 0 Å². The molecule has 1 atom stereocenters. The first kappa shape index (κ1) is 12.1. The molecule has 0 saturated heterocycles. The van der Waals surface area contributed by atoms with E-state index in [1.807, 2.05) is 0 Å². The number of carbonyl (C=O) groups excluding carboxylic acids is 1. The molecule has 0 aliphatic carbocycles. The minimum absolute atomic E-state index is 0.129. The number of benzene rings is 1. The molecule has 0 heterocycles. The second-order valence-corrected chi connectivity index (χ2v) is 3.51. The van der Waals surface area contributed by atoms with Crippen LogP contribution in [0.25, 0.3) is 0 Å². The van der Waals surface area contributed by atoms with Gasteiger partial charge in [0.2, 0.25) is 0 Å². The van der Waals surface area contributed by atoms with E-state index in [4.69, 9.17) is 12.2 Å². The number of nitrogens with one attached hydrogen (secondary N) is 1. The van der Waals surface area contributed by atoms with Crippen LogP contribution in [0.1, 0.15) is 23.7 Å². The molecule has 1 aromatic rings. The highest BCUT2D eigenvalue weighted by Crippen LogP contribution is 2.13. The Morgan fingerprint density at radius 3 is 3.00 bits per heavy atom. The third-order valence-electron chi connectivity index (χ3n) is 2.06. The summed E-state index contributed by atoms with van der Waals surface area (Å²) in [7, 11) is 0. The molecule has 0 saturated carbocycles. The first-order valence-corrected chi connectivity index (χ1v) is 4.84. The van der Waals surface area contributed by atoms with Crippen LogP contribution < -0.4 is 11.1 Å². The van der Waals surface area contributed by atoms with E-state index in [2.05, 4.69) is 11.2 Å². The Hall–Kier alpha value is -2.02. The van der Waals surface area contributed by atoms with Gasteiger partial charge < -0.3 is 11.1 Å². The van der Waals surface area contributed by atoms with Gasteiger partial charge in [0.05, 0.1) is 5.56 Å². The summed E-state index contributed by atoms with van der Waals surface area (Å²) in [5, 5.41) is 2.64. The molecule has 0 aliphatic heterocycles. The van der Waals surface area contributed by atoms with Crippen molar-refractivity contribution in [2.24, 2.45) is 0 Å². The van der Waals surface area contributed by atoms with Gasteiger partial charge in [-0.15, -0.1) is 12.3 Å². The van der Waals surface area contributed by atoms with Crippen LogP contribution in [0.15, 0.2) is 18.2 Å². The molecule has 3 nitrogen and oxygen atoms in total. The van der Waals surface area contributed by atoms with Crippen molar-refractivity contribution in [3.8, 4) is 12.3 Å². The van der Waals surface area contributed by atoms with Gasteiger partial charge in [-0.3, -0.25) is 4.79 Å². The molecular formula is C12H13FN2O. The zero-order valence-corrected chi connectivity index (χ0v) is 8.96. The highest BCUT2D eigenvalue weighted by atomic mass is 19.1. The second kappa shape index (κ2) is 5.17. The lowest BCUT2D eigenvalue weighted by molar-refractivity contribution is 0.0941. The molecule has 1 aromatic carbocycles. The molecule has 0 aromatic heterocycles. The van der Waals surface area contributed by atoms with E-state index >= 15 is 0 Å². The Balaban J connectivity index is 2.81. The quantitative estimate of drug-likeness (QED) is 0.599. The number of hydrogen-bond acceptors (Lipinski definition) is 2. The molecule has 0 fully saturated rings. The van der Waals surface area contributed by atoms with Crippen molar-refractivity contribution >= 4 is 11.6 Å². The zero-order valence-electron chi connectivity index (χ0n) is 8.96. The van der Waals surface area contributed by atoms with Gasteiger partial charge in [-0.2, -0.15) is 0 Å². The van der Waals surface area contributed by atoms with Crippen molar-refractivity contribution in [1.29, 1.82) is 0 Å². The van der Waals surface area contributed by atoms with Gasteiger partial charge in [0.15, 0.2) is 0 Å². The average molecular weight is 220 g/mol. The van der Waals surface area contributed by atoms with Crippen LogP contribution >= 0.6 is 0 Å². The Morgan fingerprint density at radius 2 is 2.38 bits per heavy atom. The topological polar surface area (TPSA) is 55.1 Å². The van der Waals surface area contributed by atoms with Crippen molar-refractivity contribution in [3.05, 3.63) is 29.6 Å². The van der Waals surface area contributed by atoms with Crippen LogP contribution in [-0.4, -0.2) is 11.9 Å². The van der Waals surface area contributed by atoms with Gasteiger partial charge in [0.1, 0.15) is 5.82 Å². The fourth-order valence-electron chi connectivity index (χ4n) is 1.25. The number of terminal acetylenes is 1. The number of anilines is 1. The summed E-state index contributed by atoms with van der Waals surface area (Å²) in [6, 6.07) is 3.50. The fraction of sp³-hybridized carbons (Fsp3) is 0.250. The molecule has 16 heavy (non-hydrogen) atoms. The highest BCUT2D eigenvalue weighted by Gasteiger charge is 2.12. The van der Waals surface area contributed by atoms with Crippen molar-refractivity contribution in [2.75, 3.05) is 5.73 Å². The van der Waals surface area contributed by atoms with Crippen molar-refractivity contribution in [2.45, 2.75) is 19.4 Å². The Morgan fingerprint density at radius 1 is 1.69 bits per heavy atom. The van der Waals surface area contributed by atoms with E-state index < -0.39 is 11.7 Å². The van der Waals surface area contributed by atoms with E-state index in [0.29, 0.717) is 6.42 Å². The number of nitrogens with two attached hydrogens (primary N) is 1. The van der Waals surface area contributed by atoms with Crippen LogP contribution in [0, 0.1) is 18.2 Å². The summed E-state index contributed by atoms with van der Waals surface area (Å²) in [6.07, 6.45) is 5.53. The third kappa shape index (κ3) is 2.99. The summed E-state index contributed by atoms with van der Waals surface area (Å²) in [4.78, 5) is 11.7. The van der Waals surface area contributed by atoms with Crippen LogP contribution in [0.4, 0.5) is 10.1 Å². The standard InChI is InChI=1S/C12H13FN2O/c1-3-4-8(2)15-12(16)10-7-9(13)5-6-11(10)14/h1,5-8H,4,14H2,2H3,(H,15,16). The summed E-state index contributed by atoms with van der Waals surface area (Å²) in [5.74, 6) is 1.52. The molecule has 0 radical (unpaired) electrons. The monoisotopic (exact) mass is 220 g/mol. The molecule has 0 aliphatic rings. The lowest BCUT2D eigenvalue weighted by atomic mass is 10.1. The van der Waals surface area contributed by atoms with Gasteiger partial charge >= 0.3 is 0 Å². The zero-order chi connectivity index (χ0) is 12.1. The number of rotatable bonds is 3. The predicted octanol–water partition coefficient (Wildman–Crippen LogP) is 1.55. The third-order valence-corrected chi connectivity index (χ3v) is 2.06. The van der Waals surface area contributed by atoms with Crippen LogP contribution in [0.5, 0.6) is 0 Å². The van der Waals surface area contributed by atoms with Gasteiger partial charge in [-0.1, -0.05) is 0 Å². The van der Waals surface area contributed by atoms with Crippen molar-refractivity contribution < 1.29 is 9.18 Å². The molecule has 3 N–H and O–H groups in total. The van der Waals surface area contributed by atoms with Gasteiger partial charge in [0, 0.05) is 18.2 Å². The normalized spacial score (nSPS) is 11.6. The second-order valence-electron chi connectivity index (χ2n) is 3.51. The van der Waals surface area contributed by atoms with Crippen molar-refractivity contribution in [1.82, 2.24) is 5.32 Å². The lowest BCUT2D eigenvalue weighted by Crippen LogP contribution is -2.32. The Bertz CT molecular complexity index is 437. The van der Waals surface area contributed by atoms with Gasteiger partial charge in [0.25, 0.3) is 5.91 Å². The Labute approximate surface area is 93.8 Å². The molecule has 1 rings (SSSR count). The van der Waals surface area contributed by atoms with E-state index in [0.717, 1.165) is 6.07 Å². The van der Waals surface area contributed by atoms with E-state index in [1.165, 1.54) is 12.1 Å². The number of carbonyl (C=O) groups is 1. The minimum Gasteiger partial charge on any atom is -0.398 e. The van der Waals surface area contributed by atoms with E-state index in [-0.39, 0.29) is 17.3 Å². The van der Waals surface area contributed by atoms with Crippen molar-refractivity contribution in [3.63, 3.8) is 0 Å². The molecule has 84 valence electrons. The summed E-state index contributed by atoms with van der Waals surface area (Å²) in [6.45, 7) is 1.77. The number of amides is 1. The van der Waals surface area contributed by atoms with Gasteiger partial charge in [-0.05, 0) is 25.1 Å². The lowest BCUT2D eigenvalue weighted by Gasteiger charge is -2.12. The van der Waals surface area contributed by atoms with Crippen LogP contribution in [-0.2, 0) is 0 Å². The summed E-state index contributed by atoms with van der Waals surface area (Å²) in [5.41, 5.74) is 5.94. The molecular weight excluding hydrogens is 207 g/mol. The molecule has 1 amide bonds. The predicted molar refractivity (Wildman–Crippen MR) is 61.2 cm³/mol. The van der Waals surface area contributed by atoms with E-state index in [1.54, 1.807) is 6.92 Å². The van der Waals surface area contributed by atoms with Gasteiger partial charge in [-0.25, -0.2) is 4.39 Å². The molecule has 4 heteroatoms. The fourth-order valence-corrected chi connectivity index (χ4v) is 1.25.